The lowest BCUT2D eigenvalue weighted by Gasteiger charge is -2.30. The van der Waals surface area contributed by atoms with Gasteiger partial charge in [-0.2, -0.15) is 0 Å². The fourth-order valence-electron chi connectivity index (χ4n) is 4.51. The lowest BCUT2D eigenvalue weighted by atomic mass is 10.0. The number of likely N-dealkylation sites (N-methyl/N-ethyl adjacent to an activating group) is 1. The molecule has 0 unspecified atom stereocenters. The second-order valence-electron chi connectivity index (χ2n) is 9.33. The third kappa shape index (κ3) is 10.4. The molecule has 1 saturated heterocycles. The second kappa shape index (κ2) is 18.0. The molecule has 13 heteroatoms. The molecule has 2 aromatic rings. The smallest absolute Gasteiger partial charge is 0.337 e. The van der Waals surface area contributed by atoms with Gasteiger partial charge in [-0.15, -0.1) is 4.91 Å². The van der Waals surface area contributed by atoms with E-state index in [0.717, 1.165) is 17.7 Å². The van der Waals surface area contributed by atoms with Crippen molar-refractivity contribution in [3.63, 3.8) is 0 Å². The van der Waals surface area contributed by atoms with E-state index >= 15 is 0 Å². The Kier molecular flexibility index (Phi) is 14.1. The van der Waals surface area contributed by atoms with Gasteiger partial charge >= 0.3 is 5.97 Å². The number of carbonyl (C=O) groups is 2. The van der Waals surface area contributed by atoms with E-state index in [1.54, 1.807) is 42.7 Å². The predicted octanol–water partition coefficient (Wildman–Crippen LogP) is 2.22. The van der Waals surface area contributed by atoms with Crippen LogP contribution in [0.25, 0.3) is 0 Å². The molecule has 0 aromatic carbocycles. The number of methoxy groups -OCH3 is 1. The number of hydrogen-bond acceptors (Lipinski definition) is 11. The number of rotatable bonds is 20. The highest BCUT2D eigenvalue weighted by Crippen LogP contribution is 2.35. The first kappa shape index (κ1) is 32.0. The van der Waals surface area contributed by atoms with Gasteiger partial charge in [0.25, 0.3) is 0 Å². The van der Waals surface area contributed by atoms with Gasteiger partial charge in [0.15, 0.2) is 0 Å². The molecule has 0 N–H and O–H groups in total. The number of amides is 1. The molecule has 0 aliphatic carbocycles. The van der Waals surface area contributed by atoms with Gasteiger partial charge < -0.3 is 28.6 Å². The van der Waals surface area contributed by atoms with Crippen LogP contribution in [0.2, 0.25) is 0 Å². The molecular weight excluding hydrogens is 534 g/mol. The molecule has 1 aliphatic heterocycles. The van der Waals surface area contributed by atoms with Gasteiger partial charge in [0.2, 0.25) is 5.91 Å². The summed E-state index contributed by atoms with van der Waals surface area (Å²) in [5, 5.41) is 4.55. The number of hydrogen-bond donors (Lipinski definition) is 0. The van der Waals surface area contributed by atoms with Crippen LogP contribution in [0.5, 0.6) is 0 Å². The molecule has 1 fully saturated rings. The third-order valence-electron chi connectivity index (χ3n) is 6.61. The van der Waals surface area contributed by atoms with Crippen molar-refractivity contribution in [2.24, 2.45) is 5.29 Å². The molecule has 2 atom stereocenters. The highest BCUT2D eigenvalue weighted by Gasteiger charge is 2.42. The number of nitrogens with zero attached hydrogens (tertiary/aromatic N) is 5. The van der Waals surface area contributed by atoms with Crippen LogP contribution >= 0.6 is 0 Å². The first-order valence-corrected chi connectivity index (χ1v) is 13.6. The molecule has 0 radical (unpaired) electrons. The number of esters is 1. The summed E-state index contributed by atoms with van der Waals surface area (Å²) in [4.78, 5) is 45.5. The summed E-state index contributed by atoms with van der Waals surface area (Å²) in [6.45, 7) is 3.68. The number of ether oxygens (including phenoxy) is 5. The quantitative estimate of drug-likeness (QED) is 0.0996. The van der Waals surface area contributed by atoms with Crippen molar-refractivity contribution < 1.29 is 33.3 Å². The summed E-state index contributed by atoms with van der Waals surface area (Å²) < 4.78 is 26.9. The summed E-state index contributed by atoms with van der Waals surface area (Å²) in [6.07, 6.45) is 6.66. The lowest BCUT2D eigenvalue weighted by molar-refractivity contribution is -0.127. The highest BCUT2D eigenvalue weighted by atomic mass is 16.6. The Balaban J connectivity index is 1.16. The Morgan fingerprint density at radius 1 is 1.02 bits per heavy atom. The van der Waals surface area contributed by atoms with Crippen molar-refractivity contribution in [1.82, 2.24) is 19.9 Å². The minimum Gasteiger partial charge on any atom is -0.465 e. The summed E-state index contributed by atoms with van der Waals surface area (Å²) in [7, 11) is 3.08. The summed E-state index contributed by atoms with van der Waals surface area (Å²) >= 11 is 0. The van der Waals surface area contributed by atoms with E-state index in [2.05, 4.69) is 15.3 Å². The van der Waals surface area contributed by atoms with Crippen molar-refractivity contribution in [1.29, 1.82) is 0 Å². The maximum Gasteiger partial charge on any atom is 0.337 e. The van der Waals surface area contributed by atoms with Gasteiger partial charge in [0.1, 0.15) is 0 Å². The number of aryl methyl sites for hydroxylation is 1. The van der Waals surface area contributed by atoms with Crippen molar-refractivity contribution in [3.8, 4) is 0 Å². The molecule has 0 saturated carbocycles. The molecule has 13 nitrogen and oxygen atoms in total. The Hall–Kier alpha value is -3.52. The zero-order valence-corrected chi connectivity index (χ0v) is 23.7. The van der Waals surface area contributed by atoms with Crippen LogP contribution < -0.4 is 0 Å². The van der Waals surface area contributed by atoms with Crippen LogP contribution in [0.15, 0.2) is 48.1 Å². The molecular formula is C28H39N5O8. The molecule has 224 valence electrons. The summed E-state index contributed by atoms with van der Waals surface area (Å²) in [5.74, 6) is -0.418. The average Bonchev–Trinajstić information content (AvgIpc) is 3.30. The van der Waals surface area contributed by atoms with Gasteiger partial charge in [-0.3, -0.25) is 19.8 Å². The molecule has 3 rings (SSSR count). The van der Waals surface area contributed by atoms with Crippen molar-refractivity contribution in [2.45, 2.75) is 31.3 Å². The Morgan fingerprint density at radius 2 is 1.71 bits per heavy atom. The van der Waals surface area contributed by atoms with E-state index in [0.29, 0.717) is 58.2 Å². The number of likely N-dealkylation sites (tertiary alicyclic amines) is 1. The highest BCUT2D eigenvalue weighted by molar-refractivity contribution is 5.89. The first-order valence-electron chi connectivity index (χ1n) is 13.6. The zero-order valence-electron chi connectivity index (χ0n) is 23.7. The summed E-state index contributed by atoms with van der Waals surface area (Å²) in [6, 6.07) is 6.38. The monoisotopic (exact) mass is 573 g/mol. The number of pyridine rings is 2. The standard InChI is InChI=1S/C28H39N5O8/c1-32-26(34)20-25(27(32)23-5-3-8-29-21-23)33(31-36)10-12-39-14-16-41-18-17-40-15-13-38-11-4-6-24-19-22(7-9-30-24)28(35)37-2/h3,5,7-9,19,21,25,27H,4,6,10-18,20H2,1-2H3/t25-,27-/m0/s1. The Morgan fingerprint density at radius 3 is 2.34 bits per heavy atom. The Labute approximate surface area is 240 Å². The number of aromatic nitrogens is 2. The molecule has 0 spiro atoms. The first-order chi connectivity index (χ1) is 20.0. The molecule has 1 amide bonds. The number of carbonyl (C=O) groups excluding carboxylic acids is 2. The fourth-order valence-corrected chi connectivity index (χ4v) is 4.51. The number of nitroso groups, excluding NO2 is 1. The van der Waals surface area contributed by atoms with Crippen LogP contribution in [0, 0.1) is 4.91 Å². The topological polar surface area (TPSA) is 142 Å². The third-order valence-corrected chi connectivity index (χ3v) is 6.61. The van der Waals surface area contributed by atoms with E-state index in [1.165, 1.54) is 12.1 Å². The normalized spacial score (nSPS) is 16.6. The minimum atomic E-state index is -0.378. The van der Waals surface area contributed by atoms with Gasteiger partial charge in [-0.05, 0) is 36.6 Å². The molecule has 3 heterocycles. The van der Waals surface area contributed by atoms with Gasteiger partial charge in [0.05, 0.1) is 89.3 Å². The zero-order chi connectivity index (χ0) is 29.3. The van der Waals surface area contributed by atoms with Crippen LogP contribution in [0.1, 0.15) is 40.5 Å². The largest absolute Gasteiger partial charge is 0.465 e. The lowest BCUT2D eigenvalue weighted by Crippen LogP contribution is -2.37. The maximum atomic E-state index is 12.3. The molecule has 0 bridgehead atoms. The SMILES string of the molecule is COC(=O)c1ccnc(CCCOCCOCCOCCOCCN(N=O)[C@H]2CC(=O)N(C)[C@H]2c2cccnc2)c1. The molecule has 2 aromatic heterocycles. The van der Waals surface area contributed by atoms with Crippen molar-refractivity contribution in [2.75, 3.05) is 73.6 Å². The molecule has 41 heavy (non-hydrogen) atoms. The average molecular weight is 574 g/mol. The van der Waals surface area contributed by atoms with E-state index < -0.39 is 0 Å². The van der Waals surface area contributed by atoms with Gasteiger partial charge in [0, 0.05) is 37.9 Å². The van der Waals surface area contributed by atoms with Crippen molar-refractivity contribution >= 4 is 11.9 Å². The predicted molar refractivity (Wildman–Crippen MR) is 148 cm³/mol. The minimum absolute atomic E-state index is 0.0436. The van der Waals surface area contributed by atoms with E-state index in [9.17, 15) is 14.5 Å². The van der Waals surface area contributed by atoms with Crippen molar-refractivity contribution in [3.05, 3.63) is 64.6 Å². The van der Waals surface area contributed by atoms with E-state index in [4.69, 9.17) is 23.7 Å². The molecule has 1 aliphatic rings. The van der Waals surface area contributed by atoms with Crippen LogP contribution in [-0.4, -0.2) is 111 Å². The summed E-state index contributed by atoms with van der Waals surface area (Å²) in [5.41, 5.74) is 2.17. The van der Waals surface area contributed by atoms with Crippen LogP contribution in [0.4, 0.5) is 0 Å². The fraction of sp³-hybridized carbons (Fsp3) is 0.571. The van der Waals surface area contributed by atoms with E-state index in [1.807, 2.05) is 12.1 Å². The van der Waals surface area contributed by atoms with Crippen LogP contribution in [-0.2, 0) is 34.9 Å². The van der Waals surface area contributed by atoms with E-state index in [-0.39, 0.29) is 43.5 Å². The maximum absolute atomic E-state index is 12.3. The second-order valence-corrected chi connectivity index (χ2v) is 9.33. The van der Waals surface area contributed by atoms with Crippen LogP contribution in [0.3, 0.4) is 0 Å². The van der Waals surface area contributed by atoms with Gasteiger partial charge in [-0.1, -0.05) is 6.07 Å². The Bertz CT molecular complexity index is 1080. The van der Waals surface area contributed by atoms with Gasteiger partial charge in [-0.25, -0.2) is 4.79 Å².